The normalized spacial score (nSPS) is 29.5. The Labute approximate surface area is 76.9 Å². The number of hydrogen-bond donors (Lipinski definition) is 0. The van der Waals surface area contributed by atoms with E-state index in [1.807, 2.05) is 0 Å². The summed E-state index contributed by atoms with van der Waals surface area (Å²) in [5, 5.41) is 10.8. The SMILES string of the molecule is CCOC(=O)C1(C(=O)[O-])CC1(C)C. The van der Waals surface area contributed by atoms with Crippen molar-refractivity contribution in [3.05, 3.63) is 0 Å². The van der Waals surface area contributed by atoms with Gasteiger partial charge in [-0.1, -0.05) is 13.8 Å². The monoisotopic (exact) mass is 185 g/mol. The van der Waals surface area contributed by atoms with Crippen molar-refractivity contribution in [2.24, 2.45) is 10.8 Å². The second kappa shape index (κ2) is 2.72. The summed E-state index contributed by atoms with van der Waals surface area (Å²) < 4.78 is 4.71. The van der Waals surface area contributed by atoms with Crippen molar-refractivity contribution in [3.8, 4) is 0 Å². The number of carboxylic acid groups (broad SMARTS) is 1. The summed E-state index contributed by atoms with van der Waals surface area (Å²) in [6, 6.07) is 0. The van der Waals surface area contributed by atoms with Gasteiger partial charge in [-0.15, -0.1) is 0 Å². The summed E-state index contributed by atoms with van der Waals surface area (Å²) in [6.45, 7) is 5.29. The highest BCUT2D eigenvalue weighted by atomic mass is 16.5. The molecule has 1 rings (SSSR count). The van der Waals surface area contributed by atoms with E-state index in [0.717, 1.165) is 0 Å². The zero-order chi connectivity index (χ0) is 10.3. The molecule has 0 radical (unpaired) electrons. The van der Waals surface area contributed by atoms with E-state index >= 15 is 0 Å². The first-order valence-electron chi connectivity index (χ1n) is 4.27. The molecular formula is C9H13O4-. The lowest BCUT2D eigenvalue weighted by atomic mass is 9.96. The standard InChI is InChI=1S/C9H14O4/c1-4-13-7(12)9(6(10)11)5-8(9,2)3/h4-5H2,1-3H3,(H,10,11)/p-1. The van der Waals surface area contributed by atoms with Crippen molar-refractivity contribution in [2.45, 2.75) is 27.2 Å². The molecular weight excluding hydrogens is 172 g/mol. The number of carbonyl (C=O) groups is 2. The molecule has 1 fully saturated rings. The average Bonchev–Trinajstić information content (AvgIpc) is 2.56. The minimum atomic E-state index is -1.40. The van der Waals surface area contributed by atoms with Crippen molar-refractivity contribution in [1.82, 2.24) is 0 Å². The number of hydrogen-bond acceptors (Lipinski definition) is 4. The molecule has 0 bridgehead atoms. The van der Waals surface area contributed by atoms with Gasteiger partial charge in [0, 0.05) is 0 Å². The molecule has 4 heteroatoms. The van der Waals surface area contributed by atoms with Crippen molar-refractivity contribution >= 4 is 11.9 Å². The van der Waals surface area contributed by atoms with Crippen molar-refractivity contribution in [1.29, 1.82) is 0 Å². The van der Waals surface area contributed by atoms with Crippen LogP contribution in [0.25, 0.3) is 0 Å². The van der Waals surface area contributed by atoms with E-state index in [0.29, 0.717) is 6.42 Å². The first-order chi connectivity index (χ1) is 5.88. The molecule has 1 saturated carbocycles. The van der Waals surface area contributed by atoms with E-state index in [2.05, 4.69) is 0 Å². The molecule has 0 heterocycles. The summed E-state index contributed by atoms with van der Waals surface area (Å²) in [7, 11) is 0. The van der Waals surface area contributed by atoms with Gasteiger partial charge in [0.1, 0.15) is 5.41 Å². The maximum Gasteiger partial charge on any atom is 0.318 e. The first kappa shape index (κ1) is 10.0. The van der Waals surface area contributed by atoms with Crippen LogP contribution < -0.4 is 5.11 Å². The minimum absolute atomic E-state index is 0.198. The van der Waals surface area contributed by atoms with Crippen LogP contribution in [0.3, 0.4) is 0 Å². The van der Waals surface area contributed by atoms with Gasteiger partial charge in [0.25, 0.3) is 0 Å². The van der Waals surface area contributed by atoms with Crippen LogP contribution in [0, 0.1) is 10.8 Å². The van der Waals surface area contributed by atoms with E-state index in [1.165, 1.54) is 0 Å². The molecule has 1 atom stereocenters. The number of esters is 1. The second-order valence-electron chi connectivity index (χ2n) is 3.97. The number of aliphatic carboxylic acids is 1. The van der Waals surface area contributed by atoms with Crippen LogP contribution in [0.1, 0.15) is 27.2 Å². The highest BCUT2D eigenvalue weighted by Crippen LogP contribution is 2.63. The van der Waals surface area contributed by atoms with Gasteiger partial charge in [-0.05, 0) is 18.8 Å². The Bertz CT molecular complexity index is 256. The molecule has 1 aliphatic carbocycles. The molecule has 1 unspecified atom stereocenters. The Morgan fingerprint density at radius 2 is 1.92 bits per heavy atom. The predicted octanol–water partition coefficient (Wildman–Crippen LogP) is -0.284. The molecule has 0 aromatic rings. The highest BCUT2D eigenvalue weighted by Gasteiger charge is 2.68. The van der Waals surface area contributed by atoms with Crippen LogP contribution in [0.5, 0.6) is 0 Å². The number of carbonyl (C=O) groups excluding carboxylic acids is 2. The lowest BCUT2D eigenvalue weighted by molar-refractivity contribution is -0.314. The van der Waals surface area contributed by atoms with Gasteiger partial charge in [0.15, 0.2) is 0 Å². The molecule has 0 amide bonds. The number of rotatable bonds is 3. The Hall–Kier alpha value is -1.06. The molecule has 0 aromatic heterocycles. The van der Waals surface area contributed by atoms with Gasteiger partial charge < -0.3 is 14.6 Å². The van der Waals surface area contributed by atoms with Crippen molar-refractivity contribution < 1.29 is 19.4 Å². The lowest BCUT2D eigenvalue weighted by Crippen LogP contribution is -2.42. The summed E-state index contributed by atoms with van der Waals surface area (Å²) in [5.41, 5.74) is -1.93. The second-order valence-corrected chi connectivity index (χ2v) is 3.97. The molecule has 0 spiro atoms. The third-order valence-electron chi connectivity index (χ3n) is 2.71. The minimum Gasteiger partial charge on any atom is -0.549 e. The number of ether oxygens (including phenoxy) is 1. The molecule has 0 N–H and O–H groups in total. The maximum absolute atomic E-state index is 11.3. The van der Waals surface area contributed by atoms with Crippen LogP contribution in [0.15, 0.2) is 0 Å². The van der Waals surface area contributed by atoms with Crippen LogP contribution in [0.4, 0.5) is 0 Å². The average molecular weight is 185 g/mol. The predicted molar refractivity (Wildman–Crippen MR) is 42.5 cm³/mol. The molecule has 1 aliphatic rings. The molecule has 0 aliphatic heterocycles. The van der Waals surface area contributed by atoms with E-state index in [9.17, 15) is 14.7 Å². The van der Waals surface area contributed by atoms with Crippen LogP contribution in [-0.2, 0) is 14.3 Å². The summed E-state index contributed by atoms with van der Waals surface area (Å²) >= 11 is 0. The van der Waals surface area contributed by atoms with Gasteiger partial charge >= 0.3 is 5.97 Å². The van der Waals surface area contributed by atoms with Crippen LogP contribution in [-0.4, -0.2) is 18.5 Å². The van der Waals surface area contributed by atoms with Gasteiger partial charge in [0.05, 0.1) is 12.6 Å². The summed E-state index contributed by atoms with van der Waals surface area (Å²) in [4.78, 5) is 22.1. The lowest BCUT2D eigenvalue weighted by Gasteiger charge is -2.19. The van der Waals surface area contributed by atoms with Crippen molar-refractivity contribution in [3.63, 3.8) is 0 Å². The quantitative estimate of drug-likeness (QED) is 0.448. The Morgan fingerprint density at radius 1 is 1.46 bits per heavy atom. The third-order valence-corrected chi connectivity index (χ3v) is 2.71. The molecule has 4 nitrogen and oxygen atoms in total. The van der Waals surface area contributed by atoms with Gasteiger partial charge in [-0.25, -0.2) is 0 Å². The van der Waals surface area contributed by atoms with Gasteiger partial charge in [-0.3, -0.25) is 4.79 Å². The smallest absolute Gasteiger partial charge is 0.318 e. The van der Waals surface area contributed by atoms with Gasteiger partial charge in [-0.2, -0.15) is 0 Å². The zero-order valence-corrected chi connectivity index (χ0v) is 8.05. The van der Waals surface area contributed by atoms with Crippen LogP contribution >= 0.6 is 0 Å². The van der Waals surface area contributed by atoms with Crippen molar-refractivity contribution in [2.75, 3.05) is 6.61 Å². The Morgan fingerprint density at radius 3 is 2.15 bits per heavy atom. The van der Waals surface area contributed by atoms with Crippen LogP contribution in [0.2, 0.25) is 0 Å². The first-order valence-corrected chi connectivity index (χ1v) is 4.27. The maximum atomic E-state index is 11.3. The number of carboxylic acids is 1. The Kier molecular flexibility index (Phi) is 2.10. The largest absolute Gasteiger partial charge is 0.549 e. The molecule has 0 aromatic carbocycles. The zero-order valence-electron chi connectivity index (χ0n) is 8.05. The fraction of sp³-hybridized carbons (Fsp3) is 0.778. The summed E-state index contributed by atoms with van der Waals surface area (Å²) in [6.07, 6.45) is 0.307. The fourth-order valence-corrected chi connectivity index (χ4v) is 1.65. The van der Waals surface area contributed by atoms with E-state index < -0.39 is 22.8 Å². The highest BCUT2D eigenvalue weighted by molar-refractivity contribution is 6.03. The van der Waals surface area contributed by atoms with E-state index in [1.54, 1.807) is 20.8 Å². The molecule has 74 valence electrons. The summed E-state index contributed by atoms with van der Waals surface area (Å²) in [5.74, 6) is -1.99. The topological polar surface area (TPSA) is 66.4 Å². The Balaban J connectivity index is 2.85. The van der Waals surface area contributed by atoms with E-state index in [-0.39, 0.29) is 6.61 Å². The molecule has 13 heavy (non-hydrogen) atoms. The van der Waals surface area contributed by atoms with Gasteiger partial charge in [0.2, 0.25) is 0 Å². The fourth-order valence-electron chi connectivity index (χ4n) is 1.65. The van der Waals surface area contributed by atoms with E-state index in [4.69, 9.17) is 4.74 Å². The molecule has 0 saturated heterocycles. The third kappa shape index (κ3) is 1.20.